The summed E-state index contributed by atoms with van der Waals surface area (Å²) in [5.41, 5.74) is 1.36. The summed E-state index contributed by atoms with van der Waals surface area (Å²) in [5, 5.41) is 0. The van der Waals surface area contributed by atoms with E-state index in [1.165, 1.54) is 0 Å². The Hall–Kier alpha value is -2.66. The summed E-state index contributed by atoms with van der Waals surface area (Å²) in [6.45, 7) is 5.43. The molecule has 1 saturated heterocycles. The Morgan fingerprint density at radius 1 is 1.38 bits per heavy atom. The third kappa shape index (κ3) is 3.81. The third-order valence-corrected chi connectivity index (χ3v) is 3.78. The molecule has 24 heavy (non-hydrogen) atoms. The van der Waals surface area contributed by atoms with Crippen molar-refractivity contribution in [2.75, 3.05) is 24.7 Å². The summed E-state index contributed by atoms with van der Waals surface area (Å²) in [5.74, 6) is 0.332. The van der Waals surface area contributed by atoms with Gasteiger partial charge in [0.05, 0.1) is 13.2 Å². The topological polar surface area (TPSA) is 51.7 Å². The van der Waals surface area contributed by atoms with E-state index >= 15 is 0 Å². The van der Waals surface area contributed by atoms with E-state index < -0.39 is 0 Å². The minimum absolute atomic E-state index is 0.00116. The maximum atomic E-state index is 12.9. The predicted molar refractivity (Wildman–Crippen MR) is 92.4 cm³/mol. The van der Waals surface area contributed by atoms with Crippen LogP contribution in [-0.4, -0.2) is 36.8 Å². The van der Waals surface area contributed by atoms with Crippen molar-refractivity contribution in [3.63, 3.8) is 0 Å². The lowest BCUT2D eigenvalue weighted by molar-refractivity contribution is 0.0988. The van der Waals surface area contributed by atoms with Crippen LogP contribution in [0.25, 0.3) is 0 Å². The Morgan fingerprint density at radius 2 is 2.21 bits per heavy atom. The number of hydrogen-bond acceptors (Lipinski definition) is 4. The maximum absolute atomic E-state index is 12.9. The van der Waals surface area contributed by atoms with Crippen LogP contribution in [0.3, 0.4) is 0 Å². The van der Waals surface area contributed by atoms with Gasteiger partial charge in [0.15, 0.2) is 0 Å². The molecule has 1 aromatic heterocycles. The Labute approximate surface area is 141 Å². The van der Waals surface area contributed by atoms with Gasteiger partial charge < -0.3 is 14.4 Å². The van der Waals surface area contributed by atoms with Crippen LogP contribution >= 0.6 is 0 Å². The average molecular weight is 324 g/mol. The summed E-state index contributed by atoms with van der Waals surface area (Å²) in [7, 11) is 0. The van der Waals surface area contributed by atoms with Crippen molar-refractivity contribution in [2.24, 2.45) is 0 Å². The van der Waals surface area contributed by atoms with E-state index in [-0.39, 0.29) is 12.0 Å². The zero-order chi connectivity index (χ0) is 16.8. The van der Waals surface area contributed by atoms with Crippen molar-refractivity contribution < 1.29 is 14.3 Å². The second kappa shape index (κ2) is 7.75. The Balaban J connectivity index is 1.80. The molecule has 1 aliphatic heterocycles. The van der Waals surface area contributed by atoms with Gasteiger partial charge in [-0.1, -0.05) is 24.3 Å². The highest BCUT2D eigenvalue weighted by Crippen LogP contribution is 2.20. The fourth-order valence-electron chi connectivity index (χ4n) is 2.58. The lowest BCUT2D eigenvalue weighted by Gasteiger charge is -2.21. The van der Waals surface area contributed by atoms with Crippen LogP contribution in [0.4, 0.5) is 5.69 Å². The molecule has 0 bridgehead atoms. The lowest BCUT2D eigenvalue weighted by atomic mass is 10.2. The van der Waals surface area contributed by atoms with Gasteiger partial charge in [0.2, 0.25) is 5.88 Å². The average Bonchev–Trinajstić information content (AvgIpc) is 3.13. The van der Waals surface area contributed by atoms with Gasteiger partial charge in [-0.05, 0) is 18.2 Å². The van der Waals surface area contributed by atoms with Crippen LogP contribution in [-0.2, 0) is 4.74 Å². The quantitative estimate of drug-likeness (QED) is 0.766. The van der Waals surface area contributed by atoms with Gasteiger partial charge in [-0.15, -0.1) is 6.58 Å². The first kappa shape index (κ1) is 16.2. The van der Waals surface area contributed by atoms with Crippen LogP contribution in [0.2, 0.25) is 0 Å². The zero-order valence-corrected chi connectivity index (χ0v) is 13.4. The van der Waals surface area contributed by atoms with Crippen molar-refractivity contribution in [3.05, 3.63) is 66.9 Å². The Kier molecular flexibility index (Phi) is 5.23. The molecule has 1 fully saturated rings. The number of carbonyl (C=O) groups excluding carboxylic acids is 1. The Bertz CT molecular complexity index is 697. The van der Waals surface area contributed by atoms with Gasteiger partial charge in [-0.3, -0.25) is 4.79 Å². The van der Waals surface area contributed by atoms with Crippen LogP contribution in [0.5, 0.6) is 5.88 Å². The molecule has 5 nitrogen and oxygen atoms in total. The number of rotatable bonds is 6. The van der Waals surface area contributed by atoms with E-state index in [9.17, 15) is 4.79 Å². The molecule has 5 heteroatoms. The molecule has 0 unspecified atom stereocenters. The monoisotopic (exact) mass is 324 g/mol. The van der Waals surface area contributed by atoms with Crippen LogP contribution in [0.1, 0.15) is 16.8 Å². The maximum Gasteiger partial charge on any atom is 0.258 e. The van der Waals surface area contributed by atoms with Crippen molar-refractivity contribution in [2.45, 2.75) is 12.5 Å². The number of aromatic nitrogens is 1. The zero-order valence-electron chi connectivity index (χ0n) is 13.4. The SMILES string of the molecule is C=CCN(C(=O)c1ccnc(O[C@@H]2CCOC2)c1)c1ccccc1. The summed E-state index contributed by atoms with van der Waals surface area (Å²) in [6, 6.07) is 12.9. The van der Waals surface area contributed by atoms with Crippen LogP contribution < -0.4 is 9.64 Å². The number of nitrogens with zero attached hydrogens (tertiary/aromatic N) is 2. The standard InChI is InChI=1S/C19H20N2O3/c1-2-11-21(16-6-4-3-5-7-16)19(22)15-8-10-20-18(13-15)24-17-9-12-23-14-17/h2-8,10,13,17H,1,9,11-12,14H2/t17-/m1/s1. The smallest absolute Gasteiger partial charge is 0.258 e. The number of benzene rings is 1. The van der Waals surface area contributed by atoms with Gasteiger partial charge >= 0.3 is 0 Å². The predicted octanol–water partition coefficient (Wildman–Crippen LogP) is 3.08. The normalized spacial score (nSPS) is 16.6. The fraction of sp³-hybridized carbons (Fsp3) is 0.263. The minimum atomic E-state index is -0.115. The van der Waals surface area contributed by atoms with E-state index in [4.69, 9.17) is 9.47 Å². The molecule has 1 aliphatic rings. The first-order valence-corrected chi connectivity index (χ1v) is 7.96. The van der Waals surface area contributed by atoms with Gasteiger partial charge in [-0.25, -0.2) is 4.98 Å². The largest absolute Gasteiger partial charge is 0.472 e. The first-order valence-electron chi connectivity index (χ1n) is 7.96. The number of carbonyl (C=O) groups is 1. The second-order valence-corrected chi connectivity index (χ2v) is 5.53. The molecule has 0 saturated carbocycles. The first-order chi connectivity index (χ1) is 11.8. The Morgan fingerprint density at radius 3 is 2.92 bits per heavy atom. The number of hydrogen-bond donors (Lipinski definition) is 0. The summed E-state index contributed by atoms with van der Waals surface area (Å²) in [6.07, 6.45) is 4.14. The number of ether oxygens (including phenoxy) is 2. The van der Waals surface area contributed by atoms with Crippen molar-refractivity contribution >= 4 is 11.6 Å². The number of amides is 1. The second-order valence-electron chi connectivity index (χ2n) is 5.53. The van der Waals surface area contributed by atoms with Gasteiger partial charge in [0.1, 0.15) is 6.10 Å². The molecular weight excluding hydrogens is 304 g/mol. The molecule has 1 atom stereocenters. The summed E-state index contributed by atoms with van der Waals surface area (Å²) < 4.78 is 11.1. The molecule has 3 rings (SSSR count). The van der Waals surface area contributed by atoms with Crippen molar-refractivity contribution in [3.8, 4) is 5.88 Å². The highest BCUT2D eigenvalue weighted by Gasteiger charge is 2.20. The highest BCUT2D eigenvalue weighted by molar-refractivity contribution is 6.06. The number of pyridine rings is 1. The molecule has 0 N–H and O–H groups in total. The van der Waals surface area contributed by atoms with E-state index in [0.29, 0.717) is 31.2 Å². The summed E-state index contributed by atoms with van der Waals surface area (Å²) >= 11 is 0. The number of para-hydroxylation sites is 1. The van der Waals surface area contributed by atoms with Crippen molar-refractivity contribution in [1.82, 2.24) is 4.98 Å². The molecule has 124 valence electrons. The van der Waals surface area contributed by atoms with E-state index in [0.717, 1.165) is 12.1 Å². The van der Waals surface area contributed by atoms with Gasteiger partial charge in [0, 0.05) is 36.5 Å². The summed E-state index contributed by atoms with van der Waals surface area (Å²) in [4.78, 5) is 18.8. The van der Waals surface area contributed by atoms with E-state index in [1.807, 2.05) is 30.3 Å². The molecule has 0 aliphatic carbocycles. The number of anilines is 1. The fourth-order valence-corrected chi connectivity index (χ4v) is 2.58. The molecule has 2 aromatic rings. The van der Waals surface area contributed by atoms with Crippen molar-refractivity contribution in [1.29, 1.82) is 0 Å². The van der Waals surface area contributed by atoms with Crippen LogP contribution in [0.15, 0.2) is 61.3 Å². The lowest BCUT2D eigenvalue weighted by Crippen LogP contribution is -2.31. The third-order valence-electron chi connectivity index (χ3n) is 3.78. The molecule has 1 aromatic carbocycles. The van der Waals surface area contributed by atoms with E-state index in [2.05, 4.69) is 11.6 Å². The van der Waals surface area contributed by atoms with E-state index in [1.54, 1.807) is 29.3 Å². The highest BCUT2D eigenvalue weighted by atomic mass is 16.5. The molecule has 1 amide bonds. The molecular formula is C19H20N2O3. The van der Waals surface area contributed by atoms with Gasteiger partial charge in [-0.2, -0.15) is 0 Å². The molecule has 0 spiro atoms. The van der Waals surface area contributed by atoms with Crippen LogP contribution in [0, 0.1) is 0 Å². The van der Waals surface area contributed by atoms with Gasteiger partial charge in [0.25, 0.3) is 5.91 Å². The molecule has 0 radical (unpaired) electrons. The minimum Gasteiger partial charge on any atom is -0.472 e. The molecule has 2 heterocycles.